The number of aryl methyl sites for hydroxylation is 2. The van der Waals surface area contributed by atoms with Gasteiger partial charge in [-0.3, -0.25) is 0 Å². The van der Waals surface area contributed by atoms with Crippen LogP contribution < -0.4 is 26.1 Å². The third-order valence-electron chi connectivity index (χ3n) is 6.47. The molecular weight excluding hydrogens is 484 g/mol. The smallest absolute Gasteiger partial charge is 0.0463 e. The van der Waals surface area contributed by atoms with E-state index in [1.807, 2.05) is 0 Å². The van der Waals surface area contributed by atoms with E-state index >= 15 is 0 Å². The predicted molar refractivity (Wildman–Crippen MR) is 166 cm³/mol. The van der Waals surface area contributed by atoms with E-state index in [0.29, 0.717) is 0 Å². The highest BCUT2D eigenvalue weighted by atomic mass is 31.1. The maximum Gasteiger partial charge on any atom is 0.0463 e. The molecule has 184 valence electrons. The van der Waals surface area contributed by atoms with Gasteiger partial charge in [0.2, 0.25) is 0 Å². The minimum atomic E-state index is -0.565. The summed E-state index contributed by atoms with van der Waals surface area (Å²) in [5.41, 5.74) is 3.94. The second-order valence-electron chi connectivity index (χ2n) is 9.37. The highest BCUT2D eigenvalue weighted by molar-refractivity contribution is 7.74. The van der Waals surface area contributed by atoms with Crippen molar-refractivity contribution in [2.24, 2.45) is 0 Å². The molecule has 5 aromatic carbocycles. The van der Waals surface area contributed by atoms with Crippen molar-refractivity contribution < 1.29 is 0 Å². The van der Waals surface area contributed by atoms with Gasteiger partial charge in [-0.15, -0.1) is 0 Å². The molecule has 0 radical (unpaired) electrons. The van der Waals surface area contributed by atoms with Crippen molar-refractivity contribution in [3.05, 3.63) is 151 Å². The highest BCUT2D eigenvalue weighted by Crippen LogP contribution is 2.41. The molecule has 0 aromatic heterocycles. The van der Waals surface area contributed by atoms with Gasteiger partial charge in [0, 0.05) is 18.3 Å². The van der Waals surface area contributed by atoms with E-state index in [1.165, 1.54) is 38.0 Å². The van der Waals surface area contributed by atoms with E-state index in [2.05, 4.69) is 158 Å². The molecule has 0 atom stereocenters. The molecule has 0 aliphatic carbocycles. The molecule has 0 saturated carbocycles. The molecule has 0 aliphatic rings. The second kappa shape index (κ2) is 12.3. The molecule has 0 fully saturated rings. The van der Waals surface area contributed by atoms with Crippen LogP contribution in [0.4, 0.5) is 5.69 Å². The van der Waals surface area contributed by atoms with Crippen LogP contribution in [0.1, 0.15) is 11.1 Å². The Morgan fingerprint density at radius 2 is 0.730 bits per heavy atom. The van der Waals surface area contributed by atoms with Crippen LogP contribution in [-0.2, 0) is 0 Å². The van der Waals surface area contributed by atoms with Crippen LogP contribution in [0.25, 0.3) is 0 Å². The summed E-state index contributed by atoms with van der Waals surface area (Å²) in [7, 11) is -1.13. The zero-order chi connectivity index (χ0) is 25.5. The maximum atomic E-state index is 2.66. The summed E-state index contributed by atoms with van der Waals surface area (Å²) < 4.78 is 0. The molecule has 0 unspecified atom stereocenters. The predicted octanol–water partition coefficient (Wildman–Crippen LogP) is 7.29. The zero-order valence-electron chi connectivity index (χ0n) is 21.5. The first-order valence-electron chi connectivity index (χ1n) is 12.8. The summed E-state index contributed by atoms with van der Waals surface area (Å²) in [6, 6.07) is 51.3. The zero-order valence-corrected chi connectivity index (χ0v) is 23.3. The fourth-order valence-corrected chi connectivity index (χ4v) is 9.48. The summed E-state index contributed by atoms with van der Waals surface area (Å²) in [5.74, 6) is 0. The molecule has 0 saturated heterocycles. The van der Waals surface area contributed by atoms with Crippen molar-refractivity contribution in [3.8, 4) is 0 Å². The van der Waals surface area contributed by atoms with Gasteiger partial charge in [0.15, 0.2) is 0 Å². The highest BCUT2D eigenvalue weighted by Gasteiger charge is 2.23. The number of rotatable bonds is 9. The van der Waals surface area contributed by atoms with Gasteiger partial charge >= 0.3 is 0 Å². The Balaban J connectivity index is 1.60. The molecule has 0 bridgehead atoms. The standard InChI is InChI=1S/C34H33NP2/c1-28-23-29(2)25-30(24-28)35(26-36(31-15-7-3-8-16-31)32-17-9-4-10-18-32)27-37(33-19-11-5-12-20-33)34-21-13-6-14-22-34/h3-25H,26-27H2,1-2H3. The van der Waals surface area contributed by atoms with Crippen molar-refractivity contribution in [2.45, 2.75) is 13.8 Å². The van der Waals surface area contributed by atoms with Crippen molar-refractivity contribution in [1.29, 1.82) is 0 Å². The Labute approximate surface area is 224 Å². The van der Waals surface area contributed by atoms with Crippen LogP contribution in [0.5, 0.6) is 0 Å². The van der Waals surface area contributed by atoms with E-state index in [1.54, 1.807) is 0 Å². The Kier molecular flexibility index (Phi) is 8.47. The van der Waals surface area contributed by atoms with E-state index in [0.717, 1.165) is 12.6 Å². The lowest BCUT2D eigenvalue weighted by molar-refractivity contribution is 1.05. The number of anilines is 1. The summed E-state index contributed by atoms with van der Waals surface area (Å²) >= 11 is 0. The lowest BCUT2D eigenvalue weighted by Gasteiger charge is -2.34. The van der Waals surface area contributed by atoms with E-state index in [4.69, 9.17) is 0 Å². The van der Waals surface area contributed by atoms with Gasteiger partial charge in [-0.1, -0.05) is 127 Å². The maximum absolute atomic E-state index is 2.66. The Morgan fingerprint density at radius 1 is 0.432 bits per heavy atom. The van der Waals surface area contributed by atoms with Crippen molar-refractivity contribution in [3.63, 3.8) is 0 Å². The summed E-state index contributed by atoms with van der Waals surface area (Å²) in [5, 5.41) is 5.67. The van der Waals surface area contributed by atoms with Crippen LogP contribution in [0.15, 0.2) is 140 Å². The fraction of sp³-hybridized carbons (Fsp3) is 0.118. The summed E-state index contributed by atoms with van der Waals surface area (Å²) in [6.45, 7) is 4.42. The quantitative estimate of drug-likeness (QED) is 0.186. The molecule has 5 rings (SSSR count). The molecule has 0 heterocycles. The summed E-state index contributed by atoms with van der Waals surface area (Å²) in [6.07, 6.45) is 1.95. The lowest BCUT2D eigenvalue weighted by Crippen LogP contribution is -2.32. The van der Waals surface area contributed by atoms with Crippen LogP contribution in [0.2, 0.25) is 0 Å². The number of hydrogen-bond donors (Lipinski definition) is 0. The third-order valence-corrected chi connectivity index (χ3v) is 11.4. The Morgan fingerprint density at radius 3 is 1.03 bits per heavy atom. The van der Waals surface area contributed by atoms with E-state index < -0.39 is 15.8 Å². The fourth-order valence-electron chi connectivity index (χ4n) is 4.74. The molecule has 0 N–H and O–H groups in total. The van der Waals surface area contributed by atoms with Gasteiger partial charge in [-0.05, 0) is 74.2 Å². The SMILES string of the molecule is Cc1cc(C)cc(N(CP(c2ccccc2)c2ccccc2)CP(c2ccccc2)c2ccccc2)c1. The molecule has 0 aliphatic heterocycles. The minimum absolute atomic E-state index is 0.565. The minimum Gasteiger partial charge on any atom is -0.362 e. The van der Waals surface area contributed by atoms with Crippen molar-refractivity contribution >= 4 is 42.7 Å². The van der Waals surface area contributed by atoms with E-state index in [-0.39, 0.29) is 0 Å². The van der Waals surface area contributed by atoms with Gasteiger partial charge in [-0.2, -0.15) is 0 Å². The van der Waals surface area contributed by atoms with Crippen LogP contribution in [0.3, 0.4) is 0 Å². The molecule has 0 amide bonds. The largest absolute Gasteiger partial charge is 0.362 e. The normalized spacial score (nSPS) is 11.1. The molecule has 37 heavy (non-hydrogen) atoms. The average molecular weight is 518 g/mol. The second-order valence-corrected chi connectivity index (χ2v) is 13.7. The number of benzene rings is 5. The lowest BCUT2D eigenvalue weighted by atomic mass is 10.1. The number of hydrogen-bond acceptors (Lipinski definition) is 1. The average Bonchev–Trinajstić information content (AvgIpc) is 2.94. The van der Waals surface area contributed by atoms with Crippen LogP contribution in [0, 0.1) is 13.8 Å². The van der Waals surface area contributed by atoms with Gasteiger partial charge in [0.25, 0.3) is 0 Å². The molecular formula is C34H33NP2. The van der Waals surface area contributed by atoms with E-state index in [9.17, 15) is 0 Å². The Bertz CT molecular complexity index is 1210. The third kappa shape index (κ3) is 6.56. The number of nitrogens with zero attached hydrogens (tertiary/aromatic N) is 1. The van der Waals surface area contributed by atoms with Crippen molar-refractivity contribution in [2.75, 3.05) is 17.5 Å². The van der Waals surface area contributed by atoms with Gasteiger partial charge in [0.1, 0.15) is 0 Å². The topological polar surface area (TPSA) is 3.24 Å². The monoisotopic (exact) mass is 517 g/mol. The Hall–Kier alpha value is -3.24. The summed E-state index contributed by atoms with van der Waals surface area (Å²) in [4.78, 5) is 2.66. The van der Waals surface area contributed by atoms with Gasteiger partial charge in [0.05, 0.1) is 0 Å². The molecule has 0 spiro atoms. The molecule has 1 nitrogen and oxygen atoms in total. The first-order valence-corrected chi connectivity index (χ1v) is 15.8. The first kappa shape index (κ1) is 25.4. The van der Waals surface area contributed by atoms with Gasteiger partial charge < -0.3 is 4.90 Å². The van der Waals surface area contributed by atoms with Crippen LogP contribution in [-0.4, -0.2) is 12.6 Å². The van der Waals surface area contributed by atoms with Crippen LogP contribution >= 0.6 is 15.8 Å². The van der Waals surface area contributed by atoms with Gasteiger partial charge in [-0.25, -0.2) is 0 Å². The first-order chi connectivity index (χ1) is 18.2. The van der Waals surface area contributed by atoms with Crippen molar-refractivity contribution in [1.82, 2.24) is 0 Å². The molecule has 3 heteroatoms. The molecule has 5 aromatic rings.